The number of alkyl halides is 1. The summed E-state index contributed by atoms with van der Waals surface area (Å²) < 4.78 is 21.7. The van der Waals surface area contributed by atoms with Gasteiger partial charge in [-0.1, -0.05) is 18.2 Å². The van der Waals surface area contributed by atoms with Crippen LogP contribution in [0.3, 0.4) is 0 Å². The van der Waals surface area contributed by atoms with E-state index in [1.54, 1.807) is 35.0 Å². The number of halogens is 1. The van der Waals surface area contributed by atoms with Crippen molar-refractivity contribution in [1.29, 1.82) is 0 Å². The third kappa shape index (κ3) is 4.36. The molecular weight excluding hydrogens is 393 g/mol. The summed E-state index contributed by atoms with van der Waals surface area (Å²) in [5.41, 5.74) is 1.15. The maximum Gasteiger partial charge on any atom is 0.329 e. The highest BCUT2D eigenvalue weighted by Crippen LogP contribution is 2.26. The Morgan fingerprint density at radius 1 is 1.27 bits per heavy atom. The molecule has 3 rings (SSSR count). The van der Waals surface area contributed by atoms with Gasteiger partial charge in [0.15, 0.2) is 11.8 Å². The summed E-state index contributed by atoms with van der Waals surface area (Å²) in [6.45, 7) is 1.56. The number of para-hydroxylation sites is 1. The van der Waals surface area contributed by atoms with Crippen LogP contribution in [0.25, 0.3) is 10.9 Å². The van der Waals surface area contributed by atoms with Gasteiger partial charge in [0.05, 0.1) is 13.2 Å². The number of carboxylic acids is 1. The Morgan fingerprint density at radius 3 is 2.60 bits per heavy atom. The SMILES string of the molecule is CC(=O)c1cn(CC(=O)N2C[C@H](F)[C@@H](OCCN(C)C)[C@H]2C(=O)O)c2ccccc12. The average Bonchev–Trinajstić information content (AvgIpc) is 3.20. The van der Waals surface area contributed by atoms with Crippen LogP contribution in [0.15, 0.2) is 30.5 Å². The molecule has 2 aromatic rings. The molecule has 8 nitrogen and oxygen atoms in total. The Bertz CT molecular complexity index is 957. The Hall–Kier alpha value is -2.78. The summed E-state index contributed by atoms with van der Waals surface area (Å²) in [5, 5.41) is 10.4. The summed E-state index contributed by atoms with van der Waals surface area (Å²) >= 11 is 0. The van der Waals surface area contributed by atoms with Gasteiger partial charge < -0.3 is 24.2 Å². The number of hydrogen-bond acceptors (Lipinski definition) is 5. The van der Waals surface area contributed by atoms with Crippen LogP contribution in [-0.4, -0.2) is 89.2 Å². The number of aliphatic carboxylic acids is 1. The van der Waals surface area contributed by atoms with E-state index < -0.39 is 30.2 Å². The number of likely N-dealkylation sites (tertiary alicyclic amines) is 1. The van der Waals surface area contributed by atoms with Crippen LogP contribution < -0.4 is 0 Å². The van der Waals surface area contributed by atoms with Crippen molar-refractivity contribution in [3.8, 4) is 0 Å². The number of carboxylic acid groups (broad SMARTS) is 1. The quantitative estimate of drug-likeness (QED) is 0.651. The highest BCUT2D eigenvalue weighted by Gasteiger charge is 2.49. The zero-order valence-electron chi connectivity index (χ0n) is 17.2. The smallest absolute Gasteiger partial charge is 0.329 e. The number of benzene rings is 1. The predicted octanol–water partition coefficient (Wildman–Crippen LogP) is 1.42. The Kier molecular flexibility index (Phi) is 6.52. The fraction of sp³-hybridized carbons (Fsp3) is 0.476. The third-order valence-corrected chi connectivity index (χ3v) is 5.27. The van der Waals surface area contributed by atoms with Crippen LogP contribution in [0.5, 0.6) is 0 Å². The predicted molar refractivity (Wildman–Crippen MR) is 108 cm³/mol. The molecule has 30 heavy (non-hydrogen) atoms. The van der Waals surface area contributed by atoms with Crippen LogP contribution in [0.1, 0.15) is 17.3 Å². The Labute approximate surface area is 173 Å². The van der Waals surface area contributed by atoms with Gasteiger partial charge in [0, 0.05) is 29.2 Å². The maximum atomic E-state index is 14.6. The molecule has 0 radical (unpaired) electrons. The van der Waals surface area contributed by atoms with Gasteiger partial charge in [-0.05, 0) is 27.1 Å². The second-order valence-electron chi connectivity index (χ2n) is 7.73. The zero-order chi connectivity index (χ0) is 22.0. The van der Waals surface area contributed by atoms with E-state index in [1.165, 1.54) is 6.92 Å². The van der Waals surface area contributed by atoms with Crippen LogP contribution >= 0.6 is 0 Å². The van der Waals surface area contributed by atoms with Gasteiger partial charge in [-0.3, -0.25) is 9.59 Å². The first-order valence-electron chi connectivity index (χ1n) is 9.72. The molecule has 2 heterocycles. The van der Waals surface area contributed by atoms with Crippen molar-refractivity contribution in [3.05, 3.63) is 36.0 Å². The molecule has 1 aromatic heterocycles. The average molecular weight is 419 g/mol. The van der Waals surface area contributed by atoms with E-state index in [0.29, 0.717) is 23.0 Å². The maximum absolute atomic E-state index is 14.6. The molecule has 0 aliphatic carbocycles. The first kappa shape index (κ1) is 21.9. The lowest BCUT2D eigenvalue weighted by Gasteiger charge is -2.25. The molecule has 1 N–H and O–H groups in total. The molecule has 162 valence electrons. The molecule has 9 heteroatoms. The van der Waals surface area contributed by atoms with Crippen LogP contribution in [0, 0.1) is 0 Å². The number of carbonyl (C=O) groups is 3. The summed E-state index contributed by atoms with van der Waals surface area (Å²) in [5.74, 6) is -1.99. The molecule has 0 unspecified atom stereocenters. The molecule has 1 aromatic carbocycles. The van der Waals surface area contributed by atoms with E-state index in [0.717, 1.165) is 4.90 Å². The number of carbonyl (C=O) groups excluding carboxylic acids is 2. The van der Waals surface area contributed by atoms with Gasteiger partial charge in [0.2, 0.25) is 5.91 Å². The lowest BCUT2D eigenvalue weighted by atomic mass is 10.1. The summed E-state index contributed by atoms with van der Waals surface area (Å²) in [6, 6.07) is 5.75. The van der Waals surface area contributed by atoms with Crippen LogP contribution in [-0.2, 0) is 20.9 Å². The first-order chi connectivity index (χ1) is 14.2. The molecular formula is C21H26FN3O5. The minimum atomic E-state index is -1.59. The van der Waals surface area contributed by atoms with Crippen LogP contribution in [0.2, 0.25) is 0 Å². The molecule has 0 bridgehead atoms. The number of ether oxygens (including phenoxy) is 1. The van der Waals surface area contributed by atoms with Crippen molar-refractivity contribution in [1.82, 2.24) is 14.4 Å². The van der Waals surface area contributed by atoms with E-state index in [9.17, 15) is 23.9 Å². The van der Waals surface area contributed by atoms with Crippen molar-refractivity contribution in [2.45, 2.75) is 31.8 Å². The van der Waals surface area contributed by atoms with Gasteiger partial charge in [-0.25, -0.2) is 9.18 Å². The monoisotopic (exact) mass is 419 g/mol. The number of aromatic nitrogens is 1. The second kappa shape index (κ2) is 8.93. The van der Waals surface area contributed by atoms with Crippen molar-refractivity contribution in [2.24, 2.45) is 0 Å². The number of hydrogen-bond donors (Lipinski definition) is 1. The van der Waals surface area contributed by atoms with Gasteiger partial charge in [0.1, 0.15) is 18.8 Å². The van der Waals surface area contributed by atoms with Crippen molar-refractivity contribution < 1.29 is 28.6 Å². The number of rotatable bonds is 8. The van der Waals surface area contributed by atoms with E-state index in [2.05, 4.69) is 0 Å². The van der Waals surface area contributed by atoms with Crippen molar-refractivity contribution in [2.75, 3.05) is 33.8 Å². The minimum absolute atomic E-state index is 0.139. The first-order valence-corrected chi connectivity index (χ1v) is 9.72. The van der Waals surface area contributed by atoms with Crippen molar-refractivity contribution >= 4 is 28.6 Å². The van der Waals surface area contributed by atoms with E-state index >= 15 is 0 Å². The molecule has 3 atom stereocenters. The molecule has 1 aliphatic rings. The number of Topliss-reactive ketones (excluding diaryl/α,β-unsaturated/α-hetero) is 1. The van der Waals surface area contributed by atoms with Gasteiger partial charge >= 0.3 is 5.97 Å². The highest BCUT2D eigenvalue weighted by atomic mass is 19.1. The number of ketones is 1. The molecule has 1 fully saturated rings. The second-order valence-corrected chi connectivity index (χ2v) is 7.73. The lowest BCUT2D eigenvalue weighted by molar-refractivity contribution is -0.153. The van der Waals surface area contributed by atoms with E-state index in [4.69, 9.17) is 4.74 Å². The topological polar surface area (TPSA) is 92.1 Å². The number of likely N-dealkylation sites (N-methyl/N-ethyl adjacent to an activating group) is 1. The largest absolute Gasteiger partial charge is 0.480 e. The summed E-state index contributed by atoms with van der Waals surface area (Å²) in [6.07, 6.45) is -1.23. The molecule has 1 aliphatic heterocycles. The van der Waals surface area contributed by atoms with E-state index in [1.807, 2.05) is 19.0 Å². The van der Waals surface area contributed by atoms with Gasteiger partial charge in [0.25, 0.3) is 0 Å². The van der Waals surface area contributed by atoms with Crippen LogP contribution in [0.4, 0.5) is 4.39 Å². The Balaban J connectivity index is 1.82. The normalized spacial score (nSPS) is 21.5. The fourth-order valence-corrected chi connectivity index (χ4v) is 3.77. The summed E-state index contributed by atoms with van der Waals surface area (Å²) in [7, 11) is 3.65. The Morgan fingerprint density at radius 2 is 1.97 bits per heavy atom. The third-order valence-electron chi connectivity index (χ3n) is 5.27. The highest BCUT2D eigenvalue weighted by molar-refractivity contribution is 6.07. The molecule has 0 saturated carbocycles. The molecule has 1 saturated heterocycles. The van der Waals surface area contributed by atoms with E-state index in [-0.39, 0.29) is 25.5 Å². The fourth-order valence-electron chi connectivity index (χ4n) is 3.77. The van der Waals surface area contributed by atoms with Gasteiger partial charge in [-0.2, -0.15) is 0 Å². The van der Waals surface area contributed by atoms with Crippen molar-refractivity contribution in [3.63, 3.8) is 0 Å². The number of fused-ring (bicyclic) bond motifs is 1. The standard InChI is InChI=1S/C21H26FN3O5/c1-13(26)15-10-24(17-7-5-4-6-14(15)17)12-18(27)25-11-16(22)20(19(25)21(28)29)30-9-8-23(2)3/h4-7,10,16,19-20H,8-9,11-12H2,1-3H3,(H,28,29)/t16-,19-,20+/m0/s1. The lowest BCUT2D eigenvalue weighted by Crippen LogP contribution is -2.47. The molecule has 1 amide bonds. The zero-order valence-corrected chi connectivity index (χ0v) is 17.2. The molecule has 0 spiro atoms. The minimum Gasteiger partial charge on any atom is -0.480 e. The number of nitrogens with zero attached hydrogens (tertiary/aromatic N) is 3. The van der Waals surface area contributed by atoms with Gasteiger partial charge in [-0.15, -0.1) is 0 Å². The number of amides is 1. The summed E-state index contributed by atoms with van der Waals surface area (Å²) in [4.78, 5) is 39.6.